The molecule has 5 nitrogen and oxygen atoms in total. The molecule has 0 fully saturated rings. The molecule has 0 bridgehead atoms. The molecule has 0 radical (unpaired) electrons. The predicted molar refractivity (Wildman–Crippen MR) is 108 cm³/mol. The summed E-state index contributed by atoms with van der Waals surface area (Å²) in [5.74, 6) is -0.788. The average Bonchev–Trinajstić information content (AvgIpc) is 2.71. The number of amides is 2. The van der Waals surface area contributed by atoms with Gasteiger partial charge in [-0.2, -0.15) is 0 Å². The van der Waals surface area contributed by atoms with E-state index < -0.39 is 5.91 Å². The van der Waals surface area contributed by atoms with E-state index in [4.69, 9.17) is 11.6 Å². The van der Waals surface area contributed by atoms with E-state index in [1.807, 2.05) is 18.2 Å². The van der Waals surface area contributed by atoms with Crippen LogP contribution in [0.25, 0.3) is 0 Å². The Labute approximate surface area is 169 Å². The highest BCUT2D eigenvalue weighted by atomic mass is 35.5. The number of aryl methyl sites for hydroxylation is 2. The minimum absolute atomic E-state index is 0.0249. The molecule has 1 aliphatic rings. The molecule has 0 aromatic heterocycles. The van der Waals surface area contributed by atoms with Gasteiger partial charge in [0.1, 0.15) is 0 Å². The van der Waals surface area contributed by atoms with Gasteiger partial charge in [-0.3, -0.25) is 25.2 Å². The summed E-state index contributed by atoms with van der Waals surface area (Å²) in [5.41, 5.74) is 8.73. The summed E-state index contributed by atoms with van der Waals surface area (Å²) >= 11 is 5.81. The Hall–Kier alpha value is -2.66. The first-order valence-corrected chi connectivity index (χ1v) is 9.86. The lowest BCUT2D eigenvalue weighted by Crippen LogP contribution is -2.42. The highest BCUT2D eigenvalue weighted by molar-refractivity contribution is 6.30. The van der Waals surface area contributed by atoms with Crippen LogP contribution >= 0.6 is 11.6 Å². The van der Waals surface area contributed by atoms with E-state index in [0.717, 1.165) is 24.8 Å². The summed E-state index contributed by atoms with van der Waals surface area (Å²) in [6.45, 7) is 0. The zero-order valence-corrected chi connectivity index (χ0v) is 16.3. The van der Waals surface area contributed by atoms with Gasteiger partial charge in [-0.05, 0) is 60.6 Å². The van der Waals surface area contributed by atoms with E-state index in [-0.39, 0.29) is 31.0 Å². The second-order valence-corrected chi connectivity index (χ2v) is 7.45. The van der Waals surface area contributed by atoms with Crippen molar-refractivity contribution in [3.8, 4) is 0 Å². The van der Waals surface area contributed by atoms with E-state index in [1.165, 1.54) is 17.5 Å². The summed E-state index contributed by atoms with van der Waals surface area (Å²) in [4.78, 5) is 36.2. The van der Waals surface area contributed by atoms with Crippen LogP contribution in [0.3, 0.4) is 0 Å². The Balaban J connectivity index is 1.41. The molecule has 0 spiro atoms. The molecule has 0 saturated carbocycles. The normalized spacial score (nSPS) is 12.8. The Bertz CT molecular complexity index is 878. The number of fused-ring (bicyclic) bond motifs is 1. The number of nitrogens with one attached hydrogen (secondary N) is 2. The van der Waals surface area contributed by atoms with E-state index in [0.29, 0.717) is 10.6 Å². The maximum atomic E-state index is 12.4. The Morgan fingerprint density at radius 3 is 2.25 bits per heavy atom. The van der Waals surface area contributed by atoms with Crippen LogP contribution in [0.5, 0.6) is 0 Å². The van der Waals surface area contributed by atoms with Crippen molar-refractivity contribution in [3.63, 3.8) is 0 Å². The minimum Gasteiger partial charge on any atom is -0.294 e. The van der Waals surface area contributed by atoms with E-state index in [2.05, 4.69) is 10.9 Å². The average molecular weight is 399 g/mol. The number of hydrogen-bond donors (Lipinski definition) is 2. The van der Waals surface area contributed by atoms with Crippen molar-refractivity contribution >= 4 is 29.2 Å². The largest absolute Gasteiger partial charge is 0.294 e. The highest BCUT2D eigenvalue weighted by Crippen LogP contribution is 2.22. The molecule has 1 aliphatic carbocycles. The lowest BCUT2D eigenvalue weighted by molar-refractivity contribution is -0.128. The van der Waals surface area contributed by atoms with Gasteiger partial charge in [-0.15, -0.1) is 0 Å². The van der Waals surface area contributed by atoms with Gasteiger partial charge >= 0.3 is 0 Å². The van der Waals surface area contributed by atoms with Gasteiger partial charge in [0.25, 0.3) is 0 Å². The van der Waals surface area contributed by atoms with Crippen LogP contribution in [0.15, 0.2) is 42.5 Å². The van der Waals surface area contributed by atoms with Gasteiger partial charge < -0.3 is 0 Å². The molecular weight excluding hydrogens is 376 g/mol. The molecular formula is C22H23ClN2O3. The summed E-state index contributed by atoms with van der Waals surface area (Å²) in [6, 6.07) is 12.7. The zero-order chi connectivity index (χ0) is 19.9. The molecule has 0 heterocycles. The van der Waals surface area contributed by atoms with Gasteiger partial charge in [-0.25, -0.2) is 0 Å². The van der Waals surface area contributed by atoms with E-state index >= 15 is 0 Å². The molecule has 0 aliphatic heterocycles. The molecule has 0 unspecified atom stereocenters. The van der Waals surface area contributed by atoms with Gasteiger partial charge in [-0.1, -0.05) is 35.9 Å². The zero-order valence-electron chi connectivity index (χ0n) is 15.6. The summed E-state index contributed by atoms with van der Waals surface area (Å²) in [5, 5.41) is 0.598. The highest BCUT2D eigenvalue weighted by Gasteiger charge is 2.14. The van der Waals surface area contributed by atoms with Crippen LogP contribution in [0.2, 0.25) is 5.02 Å². The molecule has 2 aromatic carbocycles. The molecule has 6 heteroatoms. The van der Waals surface area contributed by atoms with Crippen molar-refractivity contribution in [1.29, 1.82) is 0 Å². The van der Waals surface area contributed by atoms with Crippen molar-refractivity contribution in [2.24, 2.45) is 0 Å². The molecule has 146 valence electrons. The standard InChI is InChI=1S/C22H23ClN2O3/c23-19-9-5-15(6-10-19)13-22(28)25-24-21(27)12-11-20(26)18-8-7-16-3-1-2-4-17(16)14-18/h5-10,14H,1-4,11-13H2,(H,24,27)(H,25,28). The fourth-order valence-corrected chi connectivity index (χ4v) is 3.44. The number of benzene rings is 2. The van der Waals surface area contributed by atoms with Crippen LogP contribution < -0.4 is 10.9 Å². The topological polar surface area (TPSA) is 75.3 Å². The number of carbonyl (C=O) groups is 3. The fourth-order valence-electron chi connectivity index (χ4n) is 3.31. The van der Waals surface area contributed by atoms with E-state index in [9.17, 15) is 14.4 Å². The third-order valence-corrected chi connectivity index (χ3v) is 5.12. The smallest absolute Gasteiger partial charge is 0.242 e. The summed E-state index contributed by atoms with van der Waals surface area (Å²) in [7, 11) is 0. The number of Topliss-reactive ketones (excluding diaryl/α,β-unsaturated/α-hetero) is 1. The first-order chi connectivity index (χ1) is 13.5. The number of hydrazine groups is 1. The molecule has 2 amide bonds. The first-order valence-electron chi connectivity index (χ1n) is 9.48. The van der Waals surface area contributed by atoms with Crippen molar-refractivity contribution in [1.82, 2.24) is 10.9 Å². The molecule has 0 saturated heterocycles. The van der Waals surface area contributed by atoms with Gasteiger partial charge in [0.15, 0.2) is 5.78 Å². The van der Waals surface area contributed by atoms with Gasteiger partial charge in [0.05, 0.1) is 6.42 Å². The Morgan fingerprint density at radius 1 is 0.821 bits per heavy atom. The van der Waals surface area contributed by atoms with Crippen molar-refractivity contribution in [2.75, 3.05) is 0 Å². The molecule has 0 atom stereocenters. The maximum Gasteiger partial charge on any atom is 0.242 e. The monoisotopic (exact) mass is 398 g/mol. The van der Waals surface area contributed by atoms with Crippen molar-refractivity contribution < 1.29 is 14.4 Å². The first kappa shape index (κ1) is 20.1. The van der Waals surface area contributed by atoms with Crippen molar-refractivity contribution in [3.05, 3.63) is 69.7 Å². The second-order valence-electron chi connectivity index (χ2n) is 7.01. The van der Waals surface area contributed by atoms with Gasteiger partial charge in [0, 0.05) is 23.4 Å². The van der Waals surface area contributed by atoms with Crippen LogP contribution in [0, 0.1) is 0 Å². The second kappa shape index (κ2) is 9.51. The Morgan fingerprint density at radius 2 is 1.50 bits per heavy atom. The quantitative estimate of drug-likeness (QED) is 0.577. The number of hydrogen-bond acceptors (Lipinski definition) is 3. The molecule has 28 heavy (non-hydrogen) atoms. The van der Waals surface area contributed by atoms with Crippen LogP contribution in [0.4, 0.5) is 0 Å². The summed E-state index contributed by atoms with van der Waals surface area (Å²) in [6.07, 6.45) is 4.70. The number of rotatable bonds is 6. The SMILES string of the molecule is O=C(CCC(=O)c1ccc2c(c1)CCCC2)NNC(=O)Cc1ccc(Cl)cc1. The minimum atomic E-state index is -0.393. The van der Waals surface area contributed by atoms with Gasteiger partial charge in [0.2, 0.25) is 11.8 Å². The molecule has 2 aromatic rings. The number of ketones is 1. The molecule has 2 N–H and O–H groups in total. The Kier molecular flexibility index (Phi) is 6.82. The van der Waals surface area contributed by atoms with E-state index in [1.54, 1.807) is 24.3 Å². The lowest BCUT2D eigenvalue weighted by atomic mass is 9.89. The predicted octanol–water partition coefficient (Wildman–Crippen LogP) is 3.57. The fraction of sp³-hybridized carbons (Fsp3) is 0.318. The van der Waals surface area contributed by atoms with Crippen LogP contribution in [0.1, 0.15) is 52.7 Å². The summed E-state index contributed by atoms with van der Waals surface area (Å²) < 4.78 is 0. The maximum absolute atomic E-state index is 12.4. The third kappa shape index (κ3) is 5.67. The van der Waals surface area contributed by atoms with Crippen LogP contribution in [-0.2, 0) is 28.9 Å². The third-order valence-electron chi connectivity index (χ3n) is 4.87. The van der Waals surface area contributed by atoms with Crippen LogP contribution in [-0.4, -0.2) is 17.6 Å². The number of halogens is 1. The molecule has 3 rings (SSSR count). The lowest BCUT2D eigenvalue weighted by Gasteiger charge is -2.16. The van der Waals surface area contributed by atoms with Crippen molar-refractivity contribution in [2.45, 2.75) is 44.9 Å². The number of carbonyl (C=O) groups excluding carboxylic acids is 3.